The molecule has 2 aromatic rings. The Bertz CT molecular complexity index is 462. The first kappa shape index (κ1) is 9.94. The van der Waals surface area contributed by atoms with Gasteiger partial charge in [-0.3, -0.25) is 0 Å². The number of hydrogen-bond donors (Lipinski definition) is 0. The van der Waals surface area contributed by atoms with Gasteiger partial charge in [0.1, 0.15) is 4.60 Å². The van der Waals surface area contributed by atoms with Gasteiger partial charge >= 0.3 is 0 Å². The maximum atomic E-state index is 6.10. The molecule has 0 aliphatic carbocycles. The second-order valence-corrected chi connectivity index (χ2v) is 4.51. The lowest BCUT2D eigenvalue weighted by Gasteiger charge is -2.05. The van der Waals surface area contributed by atoms with Crippen molar-refractivity contribution in [3.8, 4) is 0 Å². The zero-order valence-electron chi connectivity index (χ0n) is 7.94. The van der Waals surface area contributed by atoms with Crippen molar-refractivity contribution in [2.75, 3.05) is 0 Å². The molecule has 14 heavy (non-hydrogen) atoms. The summed E-state index contributed by atoms with van der Waals surface area (Å²) >= 11 is 9.52. The lowest BCUT2D eigenvalue weighted by atomic mass is 10.1. The molecule has 0 saturated heterocycles. The fourth-order valence-electron chi connectivity index (χ4n) is 1.44. The molecule has 1 nitrogen and oxygen atoms in total. The van der Waals surface area contributed by atoms with Crippen LogP contribution in [0, 0.1) is 13.8 Å². The Labute approximate surface area is 96.2 Å². The topological polar surface area (TPSA) is 12.9 Å². The van der Waals surface area contributed by atoms with Gasteiger partial charge in [-0.15, -0.1) is 0 Å². The minimum absolute atomic E-state index is 0.758. The van der Waals surface area contributed by atoms with Crippen LogP contribution < -0.4 is 0 Å². The standard InChI is InChI=1S/C11H9BrClN/c1-6-3-4-9(13)8-5-7(2)11(12)14-10(6)8/h3-5H,1-2H3. The van der Waals surface area contributed by atoms with Crippen LogP contribution in [0.5, 0.6) is 0 Å². The molecular formula is C11H9BrClN. The molecule has 0 atom stereocenters. The third-order valence-corrected chi connectivity index (χ3v) is 3.39. The van der Waals surface area contributed by atoms with Crippen LogP contribution in [0.1, 0.15) is 11.1 Å². The number of aromatic nitrogens is 1. The number of aryl methyl sites for hydroxylation is 2. The quantitative estimate of drug-likeness (QED) is 0.652. The van der Waals surface area contributed by atoms with Gasteiger partial charge in [0.25, 0.3) is 0 Å². The minimum Gasteiger partial charge on any atom is -0.240 e. The molecule has 2 rings (SSSR count). The number of nitrogens with zero attached hydrogens (tertiary/aromatic N) is 1. The Hall–Kier alpha value is -0.600. The molecule has 0 aliphatic heterocycles. The van der Waals surface area contributed by atoms with Crippen molar-refractivity contribution < 1.29 is 0 Å². The predicted octanol–water partition coefficient (Wildman–Crippen LogP) is 4.27. The molecule has 0 saturated carbocycles. The Morgan fingerprint density at radius 2 is 1.93 bits per heavy atom. The third-order valence-electron chi connectivity index (χ3n) is 2.26. The van der Waals surface area contributed by atoms with Crippen LogP contribution in [0.25, 0.3) is 10.9 Å². The second-order valence-electron chi connectivity index (χ2n) is 3.36. The molecule has 0 fully saturated rings. The molecule has 1 aromatic heterocycles. The smallest absolute Gasteiger partial charge is 0.109 e. The first-order chi connectivity index (χ1) is 6.59. The van der Waals surface area contributed by atoms with Crippen LogP contribution in [0.15, 0.2) is 22.8 Å². The molecule has 0 spiro atoms. The summed E-state index contributed by atoms with van der Waals surface area (Å²) in [5.74, 6) is 0. The van der Waals surface area contributed by atoms with E-state index < -0.39 is 0 Å². The molecule has 3 heteroatoms. The van der Waals surface area contributed by atoms with Crippen LogP contribution in [0.2, 0.25) is 5.02 Å². The predicted molar refractivity (Wildman–Crippen MR) is 63.9 cm³/mol. The average molecular weight is 271 g/mol. The Kier molecular flexibility index (Phi) is 2.50. The highest BCUT2D eigenvalue weighted by Crippen LogP contribution is 2.28. The van der Waals surface area contributed by atoms with E-state index in [0.717, 1.165) is 31.7 Å². The van der Waals surface area contributed by atoms with Gasteiger partial charge in [-0.25, -0.2) is 4.98 Å². The number of halogens is 2. The van der Waals surface area contributed by atoms with Gasteiger partial charge in [0, 0.05) is 10.4 Å². The highest BCUT2D eigenvalue weighted by atomic mass is 79.9. The first-order valence-electron chi connectivity index (χ1n) is 4.31. The van der Waals surface area contributed by atoms with Crippen LogP contribution in [-0.4, -0.2) is 4.98 Å². The molecule has 0 radical (unpaired) electrons. The fraction of sp³-hybridized carbons (Fsp3) is 0.182. The van der Waals surface area contributed by atoms with E-state index in [1.807, 2.05) is 26.0 Å². The molecule has 1 heterocycles. The van der Waals surface area contributed by atoms with E-state index >= 15 is 0 Å². The maximum absolute atomic E-state index is 6.10. The summed E-state index contributed by atoms with van der Waals surface area (Å²) < 4.78 is 0.885. The molecule has 72 valence electrons. The Balaban J connectivity index is 2.94. The van der Waals surface area contributed by atoms with E-state index in [0.29, 0.717) is 0 Å². The van der Waals surface area contributed by atoms with Crippen molar-refractivity contribution in [1.82, 2.24) is 4.98 Å². The molecule has 0 amide bonds. The van der Waals surface area contributed by atoms with E-state index in [1.54, 1.807) is 0 Å². The van der Waals surface area contributed by atoms with E-state index in [2.05, 4.69) is 27.0 Å². The lowest BCUT2D eigenvalue weighted by Crippen LogP contribution is -1.88. The number of rotatable bonds is 0. The number of benzene rings is 1. The minimum atomic E-state index is 0.758. The van der Waals surface area contributed by atoms with Crippen molar-refractivity contribution in [1.29, 1.82) is 0 Å². The van der Waals surface area contributed by atoms with Crippen LogP contribution in [0.3, 0.4) is 0 Å². The van der Waals surface area contributed by atoms with Crippen molar-refractivity contribution in [3.63, 3.8) is 0 Å². The summed E-state index contributed by atoms with van der Waals surface area (Å²) in [6.45, 7) is 4.04. The highest BCUT2D eigenvalue weighted by Gasteiger charge is 2.06. The number of fused-ring (bicyclic) bond motifs is 1. The molecule has 0 N–H and O–H groups in total. The summed E-state index contributed by atoms with van der Waals surface area (Å²) in [6.07, 6.45) is 0. The van der Waals surface area contributed by atoms with Crippen molar-refractivity contribution in [2.45, 2.75) is 13.8 Å². The molecule has 0 bridgehead atoms. The summed E-state index contributed by atoms with van der Waals surface area (Å²) in [4.78, 5) is 4.47. The van der Waals surface area contributed by atoms with Gasteiger partial charge in [-0.05, 0) is 53.0 Å². The van der Waals surface area contributed by atoms with Crippen molar-refractivity contribution in [3.05, 3.63) is 39.0 Å². The van der Waals surface area contributed by atoms with Crippen molar-refractivity contribution in [2.24, 2.45) is 0 Å². The zero-order valence-corrected chi connectivity index (χ0v) is 10.3. The number of pyridine rings is 1. The largest absolute Gasteiger partial charge is 0.240 e. The van der Waals surface area contributed by atoms with Gasteiger partial charge in [-0.2, -0.15) is 0 Å². The van der Waals surface area contributed by atoms with Gasteiger partial charge in [-0.1, -0.05) is 17.7 Å². The summed E-state index contributed by atoms with van der Waals surface area (Å²) in [5.41, 5.74) is 3.21. The normalized spacial score (nSPS) is 10.9. The van der Waals surface area contributed by atoms with E-state index in [9.17, 15) is 0 Å². The van der Waals surface area contributed by atoms with Gasteiger partial charge < -0.3 is 0 Å². The van der Waals surface area contributed by atoms with E-state index in [-0.39, 0.29) is 0 Å². The van der Waals surface area contributed by atoms with Gasteiger partial charge in [0.15, 0.2) is 0 Å². The van der Waals surface area contributed by atoms with Crippen LogP contribution >= 0.6 is 27.5 Å². The lowest BCUT2D eigenvalue weighted by molar-refractivity contribution is 1.26. The maximum Gasteiger partial charge on any atom is 0.109 e. The molecule has 1 aromatic carbocycles. The molecule has 0 aliphatic rings. The molecule has 0 unspecified atom stereocenters. The Morgan fingerprint density at radius 3 is 2.64 bits per heavy atom. The average Bonchev–Trinajstić information content (AvgIpc) is 2.15. The Morgan fingerprint density at radius 1 is 1.21 bits per heavy atom. The van der Waals surface area contributed by atoms with Gasteiger partial charge in [0.2, 0.25) is 0 Å². The number of hydrogen-bond acceptors (Lipinski definition) is 1. The summed E-state index contributed by atoms with van der Waals surface area (Å²) in [6, 6.07) is 5.95. The summed E-state index contributed by atoms with van der Waals surface area (Å²) in [7, 11) is 0. The molecular weight excluding hydrogens is 261 g/mol. The second kappa shape index (κ2) is 3.52. The monoisotopic (exact) mass is 269 g/mol. The van der Waals surface area contributed by atoms with E-state index in [4.69, 9.17) is 11.6 Å². The highest BCUT2D eigenvalue weighted by molar-refractivity contribution is 9.10. The van der Waals surface area contributed by atoms with Crippen LogP contribution in [-0.2, 0) is 0 Å². The fourth-order valence-corrected chi connectivity index (χ4v) is 1.94. The van der Waals surface area contributed by atoms with Crippen LogP contribution in [0.4, 0.5) is 0 Å². The SMILES string of the molecule is Cc1cc2c(Cl)ccc(C)c2nc1Br. The van der Waals surface area contributed by atoms with Crippen molar-refractivity contribution >= 4 is 38.4 Å². The third kappa shape index (κ3) is 1.53. The van der Waals surface area contributed by atoms with Gasteiger partial charge in [0.05, 0.1) is 5.52 Å². The zero-order chi connectivity index (χ0) is 10.3. The first-order valence-corrected chi connectivity index (χ1v) is 5.48. The van der Waals surface area contributed by atoms with E-state index in [1.165, 1.54) is 0 Å². The summed E-state index contributed by atoms with van der Waals surface area (Å²) in [5, 5.41) is 1.78.